The Morgan fingerprint density at radius 2 is 2.10 bits per heavy atom. The zero-order valence-electron chi connectivity index (χ0n) is 11.4. The molecule has 1 unspecified atom stereocenters. The normalized spacial score (nSPS) is 18.0. The Kier molecular flexibility index (Phi) is 3.49. The Hall–Kier alpha value is -1.63. The quantitative estimate of drug-likeness (QED) is 0.618. The highest BCUT2D eigenvalue weighted by molar-refractivity contribution is 9.10. The Bertz CT molecular complexity index is 595. The van der Waals surface area contributed by atoms with E-state index in [0.717, 1.165) is 5.56 Å². The average molecular weight is 343 g/mol. The first-order valence-corrected chi connectivity index (χ1v) is 6.88. The lowest BCUT2D eigenvalue weighted by molar-refractivity contribution is -0.385. The van der Waals surface area contributed by atoms with Crippen LogP contribution in [-0.2, 0) is 6.54 Å². The number of hydrogen-bond acceptors (Lipinski definition) is 3. The number of nitro benzene ring substituents is 1. The minimum atomic E-state index is -1.02. The van der Waals surface area contributed by atoms with Crippen LogP contribution in [0.4, 0.5) is 10.5 Å². The number of hydrogen-bond donors (Lipinski definition) is 1. The van der Waals surface area contributed by atoms with Crippen LogP contribution in [0.2, 0.25) is 0 Å². The van der Waals surface area contributed by atoms with Crippen molar-refractivity contribution in [3.05, 3.63) is 37.8 Å². The Labute approximate surface area is 124 Å². The molecular formula is C13H15BrN2O4. The Morgan fingerprint density at radius 1 is 1.50 bits per heavy atom. The third-order valence-electron chi connectivity index (χ3n) is 3.40. The van der Waals surface area contributed by atoms with Crippen LogP contribution in [0.1, 0.15) is 37.9 Å². The molecule has 1 aliphatic rings. The van der Waals surface area contributed by atoms with Gasteiger partial charge in [0.15, 0.2) is 0 Å². The third-order valence-corrected chi connectivity index (χ3v) is 4.06. The van der Waals surface area contributed by atoms with Crippen molar-refractivity contribution in [1.82, 2.24) is 4.90 Å². The van der Waals surface area contributed by atoms with Gasteiger partial charge in [-0.2, -0.15) is 0 Å². The molecule has 20 heavy (non-hydrogen) atoms. The maximum atomic E-state index is 11.4. The van der Waals surface area contributed by atoms with Gasteiger partial charge in [0.1, 0.15) is 0 Å². The summed E-state index contributed by atoms with van der Waals surface area (Å²) in [6.45, 7) is 6.04. The second-order valence-electron chi connectivity index (χ2n) is 5.94. The smallest absolute Gasteiger partial charge is 0.408 e. The summed E-state index contributed by atoms with van der Waals surface area (Å²) in [5.74, 6) is 0. The van der Waals surface area contributed by atoms with E-state index in [1.807, 2.05) is 20.8 Å². The van der Waals surface area contributed by atoms with Crippen LogP contribution in [0.15, 0.2) is 16.6 Å². The summed E-state index contributed by atoms with van der Waals surface area (Å²) in [5.41, 5.74) is 1.18. The molecule has 0 saturated heterocycles. The highest BCUT2D eigenvalue weighted by Crippen LogP contribution is 2.48. The van der Waals surface area contributed by atoms with Gasteiger partial charge in [-0.3, -0.25) is 15.0 Å². The van der Waals surface area contributed by atoms with Crippen LogP contribution in [-0.4, -0.2) is 21.0 Å². The van der Waals surface area contributed by atoms with Gasteiger partial charge in [-0.15, -0.1) is 0 Å². The summed E-state index contributed by atoms with van der Waals surface area (Å²) >= 11 is 3.35. The van der Waals surface area contributed by atoms with Gasteiger partial charge >= 0.3 is 6.09 Å². The van der Waals surface area contributed by atoms with Crippen LogP contribution >= 0.6 is 15.9 Å². The molecule has 1 N–H and O–H groups in total. The van der Waals surface area contributed by atoms with E-state index in [2.05, 4.69) is 15.9 Å². The first-order chi connectivity index (χ1) is 9.12. The lowest BCUT2D eigenvalue weighted by atomic mass is 9.82. The number of rotatable bonds is 1. The number of halogens is 1. The molecule has 1 aromatic carbocycles. The summed E-state index contributed by atoms with van der Waals surface area (Å²) in [6.07, 6.45) is -1.02. The predicted octanol–water partition coefficient (Wildman–Crippen LogP) is 3.94. The van der Waals surface area contributed by atoms with Crippen molar-refractivity contribution in [3.8, 4) is 0 Å². The zero-order chi connectivity index (χ0) is 15.2. The lowest BCUT2D eigenvalue weighted by Crippen LogP contribution is -2.35. The summed E-state index contributed by atoms with van der Waals surface area (Å²) in [4.78, 5) is 23.2. The number of carboxylic acid groups (broad SMARTS) is 1. The maximum absolute atomic E-state index is 11.4. The van der Waals surface area contributed by atoms with Gasteiger partial charge in [0.05, 0.1) is 17.5 Å². The minimum absolute atomic E-state index is 0.0319. The average Bonchev–Trinajstić information content (AvgIpc) is 2.68. The molecule has 1 aliphatic heterocycles. The van der Waals surface area contributed by atoms with E-state index in [1.165, 1.54) is 17.0 Å². The molecule has 1 amide bonds. The van der Waals surface area contributed by atoms with E-state index in [1.54, 1.807) is 0 Å². The van der Waals surface area contributed by atoms with Crippen molar-refractivity contribution in [2.45, 2.75) is 33.4 Å². The molecule has 0 aliphatic carbocycles. The lowest BCUT2D eigenvalue weighted by Gasteiger charge is -2.34. The van der Waals surface area contributed by atoms with Crippen molar-refractivity contribution in [2.24, 2.45) is 5.41 Å². The highest BCUT2D eigenvalue weighted by atomic mass is 79.9. The van der Waals surface area contributed by atoms with E-state index < -0.39 is 11.0 Å². The Balaban J connectivity index is 2.62. The highest BCUT2D eigenvalue weighted by Gasteiger charge is 2.42. The molecule has 0 spiro atoms. The van der Waals surface area contributed by atoms with Crippen LogP contribution in [0.5, 0.6) is 0 Å². The second-order valence-corrected chi connectivity index (χ2v) is 6.79. The van der Waals surface area contributed by atoms with Crippen molar-refractivity contribution in [3.63, 3.8) is 0 Å². The number of nitro groups is 1. The molecule has 0 radical (unpaired) electrons. The standard InChI is InChI=1S/C13H15BrN2O4/c1-13(2,3)11-10-7(6-15(11)12(17)18)4-8(16(19)20)5-9(10)14/h4-5,11H,6H2,1-3H3,(H,17,18). The Morgan fingerprint density at radius 3 is 2.55 bits per heavy atom. The molecule has 0 bridgehead atoms. The van der Waals surface area contributed by atoms with Gasteiger partial charge in [-0.25, -0.2) is 4.79 Å². The molecule has 0 saturated carbocycles. The van der Waals surface area contributed by atoms with Gasteiger partial charge in [0.25, 0.3) is 5.69 Å². The number of carbonyl (C=O) groups is 1. The van der Waals surface area contributed by atoms with Crippen LogP contribution < -0.4 is 0 Å². The molecule has 0 aromatic heterocycles. The van der Waals surface area contributed by atoms with Crippen molar-refractivity contribution in [1.29, 1.82) is 0 Å². The fraction of sp³-hybridized carbons (Fsp3) is 0.462. The van der Waals surface area contributed by atoms with E-state index in [0.29, 0.717) is 10.0 Å². The summed E-state index contributed by atoms with van der Waals surface area (Å²) < 4.78 is 0.588. The molecule has 1 heterocycles. The first-order valence-electron chi connectivity index (χ1n) is 6.09. The van der Waals surface area contributed by atoms with Gasteiger partial charge in [0.2, 0.25) is 0 Å². The molecule has 2 rings (SSSR count). The molecule has 7 heteroatoms. The van der Waals surface area contributed by atoms with Crippen LogP contribution in [0.25, 0.3) is 0 Å². The zero-order valence-corrected chi connectivity index (χ0v) is 13.0. The molecule has 0 fully saturated rings. The van der Waals surface area contributed by atoms with Gasteiger partial charge < -0.3 is 5.11 Å². The predicted molar refractivity (Wildman–Crippen MR) is 76.6 cm³/mol. The number of non-ortho nitro benzene ring substituents is 1. The summed E-state index contributed by atoms with van der Waals surface area (Å²) in [6, 6.07) is 2.57. The molecule has 1 aromatic rings. The number of benzene rings is 1. The van der Waals surface area contributed by atoms with Crippen LogP contribution in [0, 0.1) is 15.5 Å². The molecule has 6 nitrogen and oxygen atoms in total. The second kappa shape index (κ2) is 4.73. The minimum Gasteiger partial charge on any atom is -0.465 e. The summed E-state index contributed by atoms with van der Waals surface area (Å²) in [7, 11) is 0. The monoisotopic (exact) mass is 342 g/mol. The van der Waals surface area contributed by atoms with E-state index >= 15 is 0 Å². The number of fused-ring (bicyclic) bond motifs is 1. The molecular weight excluding hydrogens is 328 g/mol. The fourth-order valence-corrected chi connectivity index (χ4v) is 3.42. The van der Waals surface area contributed by atoms with Gasteiger partial charge in [-0.1, -0.05) is 36.7 Å². The van der Waals surface area contributed by atoms with Gasteiger partial charge in [0, 0.05) is 16.6 Å². The number of nitrogens with zero attached hydrogens (tertiary/aromatic N) is 2. The maximum Gasteiger partial charge on any atom is 0.408 e. The van der Waals surface area contributed by atoms with Crippen molar-refractivity contribution >= 4 is 27.7 Å². The van der Waals surface area contributed by atoms with Gasteiger partial charge in [-0.05, 0) is 16.5 Å². The van der Waals surface area contributed by atoms with E-state index in [4.69, 9.17) is 0 Å². The third kappa shape index (κ3) is 2.37. The molecule has 1 atom stereocenters. The first kappa shape index (κ1) is 14.8. The number of amides is 1. The van der Waals surface area contributed by atoms with Crippen LogP contribution in [0.3, 0.4) is 0 Å². The van der Waals surface area contributed by atoms with Crippen molar-refractivity contribution < 1.29 is 14.8 Å². The summed E-state index contributed by atoms with van der Waals surface area (Å²) in [5, 5.41) is 20.3. The van der Waals surface area contributed by atoms with E-state index in [9.17, 15) is 20.0 Å². The molecule has 108 valence electrons. The topological polar surface area (TPSA) is 83.7 Å². The van der Waals surface area contributed by atoms with E-state index in [-0.39, 0.29) is 23.7 Å². The largest absolute Gasteiger partial charge is 0.465 e. The van der Waals surface area contributed by atoms with Crippen molar-refractivity contribution in [2.75, 3.05) is 0 Å². The SMILES string of the molecule is CC(C)(C)C1c2c(Br)cc([N+](=O)[O-])cc2CN1C(=O)O. The fourth-order valence-electron chi connectivity index (χ4n) is 2.71.